The van der Waals surface area contributed by atoms with E-state index in [0.717, 1.165) is 6.92 Å². The molecule has 1 N–H and O–H groups in total. The number of imide groups is 1. The third-order valence-electron chi connectivity index (χ3n) is 4.50. The van der Waals surface area contributed by atoms with Gasteiger partial charge < -0.3 is 5.11 Å². The number of ketones is 2. The number of anilines is 1. The molecule has 0 saturated heterocycles. The average molecular weight is 413 g/mol. The van der Waals surface area contributed by atoms with E-state index in [1.165, 1.54) is 36.4 Å². The number of nitrogens with zero attached hydrogens (tertiary/aromatic N) is 1. The molecule has 0 aromatic heterocycles. The monoisotopic (exact) mass is 413 g/mol. The molecule has 0 saturated carbocycles. The number of carbonyl (C=O) groups is 4. The number of hydrogen-bond donors (Lipinski definition) is 1. The maximum atomic E-state index is 13.2. The van der Waals surface area contributed by atoms with Crippen molar-refractivity contribution in [2.24, 2.45) is 0 Å². The van der Waals surface area contributed by atoms with E-state index in [1.54, 1.807) is 54.6 Å². The summed E-state index contributed by atoms with van der Waals surface area (Å²) in [5, 5.41) is 10.8. The first kappa shape index (κ1) is 21.4. The molecule has 154 valence electrons. The molecular weight excluding hydrogens is 394 g/mol. The van der Waals surface area contributed by atoms with Gasteiger partial charge in [0.1, 0.15) is 11.3 Å². The van der Waals surface area contributed by atoms with Crippen LogP contribution in [0.5, 0.6) is 0 Å². The lowest BCUT2D eigenvalue weighted by molar-refractivity contribution is -0.136. The van der Waals surface area contributed by atoms with Crippen molar-refractivity contribution in [2.75, 3.05) is 4.90 Å². The second kappa shape index (κ2) is 9.45. The number of rotatable bonds is 6. The van der Waals surface area contributed by atoms with E-state index in [1.807, 2.05) is 0 Å². The summed E-state index contributed by atoms with van der Waals surface area (Å²) in [6.45, 7) is 1.14. The molecule has 0 aliphatic heterocycles. The third kappa shape index (κ3) is 4.64. The predicted octanol–water partition coefficient (Wildman–Crippen LogP) is 3.99. The Bertz CT molecular complexity index is 1150. The zero-order valence-corrected chi connectivity index (χ0v) is 16.7. The molecule has 0 aliphatic rings. The zero-order valence-electron chi connectivity index (χ0n) is 16.7. The maximum Gasteiger partial charge on any atom is 0.306 e. The summed E-state index contributed by atoms with van der Waals surface area (Å²) in [5.41, 5.74) is -0.212. The fourth-order valence-corrected chi connectivity index (χ4v) is 3.02. The van der Waals surface area contributed by atoms with Crippen molar-refractivity contribution in [3.63, 3.8) is 0 Å². The standard InChI is InChI=1S/C25H19NO5/c1-17(27)26(20-15-9-4-10-16-20)25(31)24(30)21(22(28)18-11-5-2-6-12-18)23(29)19-13-7-3-8-14-19/h2-16,28H,1H3/b22-21+. The van der Waals surface area contributed by atoms with E-state index in [9.17, 15) is 24.3 Å². The zero-order chi connectivity index (χ0) is 22.4. The number of hydrogen-bond acceptors (Lipinski definition) is 5. The second-order valence-electron chi connectivity index (χ2n) is 6.61. The van der Waals surface area contributed by atoms with Crippen molar-refractivity contribution >= 4 is 34.8 Å². The first-order valence-electron chi connectivity index (χ1n) is 9.44. The van der Waals surface area contributed by atoms with Crippen LogP contribution in [0.25, 0.3) is 5.76 Å². The van der Waals surface area contributed by atoms with Gasteiger partial charge in [-0.15, -0.1) is 0 Å². The highest BCUT2D eigenvalue weighted by Gasteiger charge is 2.35. The number of amides is 2. The summed E-state index contributed by atoms with van der Waals surface area (Å²) in [5.74, 6) is -4.67. The SMILES string of the molecule is CC(=O)N(C(=O)C(=O)/C(C(=O)c1ccccc1)=C(/O)c1ccccc1)c1ccccc1. The fourth-order valence-electron chi connectivity index (χ4n) is 3.02. The molecular formula is C25H19NO5. The molecule has 3 aromatic carbocycles. The van der Waals surface area contributed by atoms with Crippen molar-refractivity contribution in [1.29, 1.82) is 0 Å². The highest BCUT2D eigenvalue weighted by atomic mass is 16.3. The Kier molecular flexibility index (Phi) is 6.52. The Hall–Kier alpha value is -4.32. The first-order valence-corrected chi connectivity index (χ1v) is 9.44. The smallest absolute Gasteiger partial charge is 0.306 e. The lowest BCUT2D eigenvalue weighted by Gasteiger charge is -2.19. The van der Waals surface area contributed by atoms with E-state index in [4.69, 9.17) is 0 Å². The summed E-state index contributed by atoms with van der Waals surface area (Å²) in [6, 6.07) is 23.7. The van der Waals surface area contributed by atoms with E-state index >= 15 is 0 Å². The van der Waals surface area contributed by atoms with Gasteiger partial charge in [-0.3, -0.25) is 19.2 Å². The number of aliphatic hydroxyl groups excluding tert-OH is 1. The van der Waals surface area contributed by atoms with Gasteiger partial charge in [-0.05, 0) is 12.1 Å². The van der Waals surface area contributed by atoms with Crippen molar-refractivity contribution in [1.82, 2.24) is 0 Å². The Morgan fingerprint density at radius 2 is 1.13 bits per heavy atom. The van der Waals surface area contributed by atoms with Crippen molar-refractivity contribution < 1.29 is 24.3 Å². The van der Waals surface area contributed by atoms with E-state index in [0.29, 0.717) is 4.90 Å². The molecule has 2 amide bonds. The first-order chi connectivity index (χ1) is 14.9. The number of benzene rings is 3. The fraction of sp³-hybridized carbons (Fsp3) is 0.0400. The molecule has 3 rings (SSSR count). The quantitative estimate of drug-likeness (QED) is 0.165. The minimum atomic E-state index is -1.28. The highest BCUT2D eigenvalue weighted by molar-refractivity contribution is 6.57. The van der Waals surface area contributed by atoms with Gasteiger partial charge in [-0.2, -0.15) is 0 Å². The summed E-state index contributed by atoms with van der Waals surface area (Å²) < 4.78 is 0. The van der Waals surface area contributed by atoms with Crippen molar-refractivity contribution in [2.45, 2.75) is 6.92 Å². The van der Waals surface area contributed by atoms with Gasteiger partial charge in [-0.1, -0.05) is 78.9 Å². The van der Waals surface area contributed by atoms with Crippen LogP contribution >= 0.6 is 0 Å². The number of para-hydroxylation sites is 1. The van der Waals surface area contributed by atoms with Crippen LogP contribution in [0.15, 0.2) is 96.6 Å². The van der Waals surface area contributed by atoms with Crippen molar-refractivity contribution in [3.05, 3.63) is 108 Å². The van der Waals surface area contributed by atoms with Crippen LogP contribution < -0.4 is 4.90 Å². The Labute approximate surface area is 179 Å². The molecule has 6 nitrogen and oxygen atoms in total. The molecule has 3 aromatic rings. The Morgan fingerprint density at radius 1 is 0.677 bits per heavy atom. The van der Waals surface area contributed by atoms with Gasteiger partial charge in [0.2, 0.25) is 11.7 Å². The molecule has 0 unspecified atom stereocenters. The van der Waals surface area contributed by atoms with Crippen molar-refractivity contribution in [3.8, 4) is 0 Å². The van der Waals surface area contributed by atoms with Gasteiger partial charge >= 0.3 is 5.91 Å². The van der Waals surface area contributed by atoms with Crippen LogP contribution in [0, 0.1) is 0 Å². The van der Waals surface area contributed by atoms with Crippen LogP contribution in [0.2, 0.25) is 0 Å². The normalized spacial score (nSPS) is 11.3. The van der Waals surface area contributed by atoms with Crippen LogP contribution in [0.1, 0.15) is 22.8 Å². The van der Waals surface area contributed by atoms with E-state index in [2.05, 4.69) is 0 Å². The van der Waals surface area contributed by atoms with Gasteiger partial charge in [0.25, 0.3) is 5.78 Å². The molecule has 0 heterocycles. The minimum absolute atomic E-state index is 0.121. The molecule has 0 bridgehead atoms. The van der Waals surface area contributed by atoms with Crippen LogP contribution in [-0.2, 0) is 14.4 Å². The molecule has 0 atom stereocenters. The maximum absolute atomic E-state index is 13.2. The van der Waals surface area contributed by atoms with Crippen LogP contribution in [0.3, 0.4) is 0 Å². The topological polar surface area (TPSA) is 91.8 Å². The third-order valence-corrected chi connectivity index (χ3v) is 4.50. The average Bonchev–Trinajstić information content (AvgIpc) is 2.80. The molecule has 0 radical (unpaired) electrons. The second-order valence-corrected chi connectivity index (χ2v) is 6.61. The van der Waals surface area contributed by atoms with Gasteiger partial charge in [0, 0.05) is 18.1 Å². The summed E-state index contributed by atoms with van der Waals surface area (Å²) >= 11 is 0. The minimum Gasteiger partial charge on any atom is -0.506 e. The van der Waals surface area contributed by atoms with Gasteiger partial charge in [0.15, 0.2) is 0 Å². The highest BCUT2D eigenvalue weighted by Crippen LogP contribution is 2.23. The lowest BCUT2D eigenvalue weighted by Crippen LogP contribution is -2.42. The predicted molar refractivity (Wildman–Crippen MR) is 116 cm³/mol. The van der Waals surface area contributed by atoms with Crippen LogP contribution in [0.4, 0.5) is 5.69 Å². The summed E-state index contributed by atoms with van der Waals surface area (Å²) in [4.78, 5) is 52.3. The number of Topliss-reactive ketones (excluding diaryl/α,β-unsaturated/α-hetero) is 2. The van der Waals surface area contributed by atoms with Crippen LogP contribution in [-0.4, -0.2) is 28.5 Å². The molecule has 0 spiro atoms. The molecule has 6 heteroatoms. The molecule has 0 aliphatic carbocycles. The summed E-state index contributed by atoms with van der Waals surface area (Å²) in [6.07, 6.45) is 0. The molecule has 0 fully saturated rings. The Morgan fingerprint density at radius 3 is 1.61 bits per heavy atom. The number of carbonyl (C=O) groups excluding carboxylic acids is 4. The lowest BCUT2D eigenvalue weighted by atomic mass is 9.95. The summed E-state index contributed by atoms with van der Waals surface area (Å²) in [7, 11) is 0. The largest absolute Gasteiger partial charge is 0.506 e. The Balaban J connectivity index is 2.13. The number of aliphatic hydroxyl groups is 1. The van der Waals surface area contributed by atoms with Gasteiger partial charge in [-0.25, -0.2) is 4.90 Å². The van der Waals surface area contributed by atoms with Gasteiger partial charge in [0.05, 0.1) is 5.69 Å². The van der Waals surface area contributed by atoms with E-state index in [-0.39, 0.29) is 16.8 Å². The molecule has 31 heavy (non-hydrogen) atoms. The van der Waals surface area contributed by atoms with E-state index < -0.39 is 34.7 Å².